The zero-order valence-corrected chi connectivity index (χ0v) is 53.6. The molecule has 20 nitrogen and oxygen atoms in total. The molecule has 0 unspecified atom stereocenters. The van der Waals surface area contributed by atoms with Crippen molar-refractivity contribution in [3.63, 3.8) is 0 Å². The molecule has 2 amide bonds. The van der Waals surface area contributed by atoms with Crippen molar-refractivity contribution in [3.05, 3.63) is 275 Å². The van der Waals surface area contributed by atoms with Crippen molar-refractivity contribution in [2.75, 3.05) is 26.9 Å². The van der Waals surface area contributed by atoms with Gasteiger partial charge in [0, 0.05) is 12.5 Å². The summed E-state index contributed by atoms with van der Waals surface area (Å²) in [5.74, 6) is -1.08. The number of carbonyl (C=O) groups is 3. The Balaban J connectivity index is 0.897. The van der Waals surface area contributed by atoms with E-state index in [0.29, 0.717) is 17.1 Å². The van der Waals surface area contributed by atoms with Crippen molar-refractivity contribution in [1.29, 1.82) is 0 Å². The Kier molecular flexibility index (Phi) is 22.3. The van der Waals surface area contributed by atoms with Crippen LogP contribution in [0.5, 0.6) is 11.5 Å². The van der Waals surface area contributed by atoms with Crippen molar-refractivity contribution < 1.29 is 90.5 Å². The first-order valence-electron chi connectivity index (χ1n) is 32.5. The zero-order valence-electron chi connectivity index (χ0n) is 53.6. The Morgan fingerprint density at radius 3 is 1.42 bits per heavy atom. The molecule has 13 rings (SSSR count). The lowest BCUT2D eigenvalue weighted by Gasteiger charge is -2.52. The minimum Gasteiger partial charge on any atom is -0.497 e. The zero-order chi connectivity index (χ0) is 66.5. The SMILES string of the molecule is COc1ccc(O[C@@H]2O[C@H](COCc3ccccc3)[C@@H](O[C@@H]3O[C@@H]4CO[C@H](c5ccccc5)O[C@H]4[C@H](O[C@H]4O[C@H](COCc5ccccc5)[C@@H](OCc5ccccc5)[C@H](OCc5ccccc5)[C@@H]4OC(C)=O)[C@@H]3O)[C@H](OCc3ccccc3)[C@H]2N2C(=O)c3ccccc3C2=O)cc1. The van der Waals surface area contributed by atoms with Gasteiger partial charge in [-0.15, -0.1) is 0 Å². The predicted molar refractivity (Wildman–Crippen MR) is 349 cm³/mol. The molecular formula is C77H77NO19. The topological polar surface area (TPSA) is 213 Å². The van der Waals surface area contributed by atoms with Gasteiger partial charge in [0.05, 0.1) is 71.1 Å². The fourth-order valence-corrected chi connectivity index (χ4v) is 12.8. The third-order valence-corrected chi connectivity index (χ3v) is 17.5. The summed E-state index contributed by atoms with van der Waals surface area (Å²) in [6.45, 7) is 1.36. The van der Waals surface area contributed by atoms with Gasteiger partial charge >= 0.3 is 5.97 Å². The van der Waals surface area contributed by atoms with Crippen molar-refractivity contribution in [1.82, 2.24) is 4.90 Å². The van der Waals surface area contributed by atoms with Crippen LogP contribution >= 0.6 is 0 Å². The average molecular weight is 1320 g/mol. The molecule has 8 aromatic rings. The maximum absolute atomic E-state index is 15.1. The molecule has 0 radical (unpaired) electrons. The number of methoxy groups -OCH3 is 1. The fourth-order valence-electron chi connectivity index (χ4n) is 12.8. The minimum absolute atomic E-state index is 0.0550. The third kappa shape index (κ3) is 16.2. The van der Waals surface area contributed by atoms with E-state index in [1.807, 2.05) is 182 Å². The van der Waals surface area contributed by atoms with Crippen LogP contribution in [-0.4, -0.2) is 147 Å². The molecule has 5 aliphatic rings. The normalized spacial score (nSPS) is 27.7. The summed E-state index contributed by atoms with van der Waals surface area (Å²) >= 11 is 0. The minimum atomic E-state index is -1.81. The van der Waals surface area contributed by atoms with Crippen LogP contribution in [0.3, 0.4) is 0 Å². The molecule has 0 bridgehead atoms. The number of carbonyl (C=O) groups excluding carboxylic acids is 3. The molecule has 16 atom stereocenters. The summed E-state index contributed by atoms with van der Waals surface area (Å²) in [6.07, 6.45) is -19.4. The van der Waals surface area contributed by atoms with Crippen LogP contribution in [0.4, 0.5) is 0 Å². The van der Waals surface area contributed by atoms with Gasteiger partial charge < -0.3 is 76.2 Å². The van der Waals surface area contributed by atoms with E-state index in [1.54, 1.807) is 55.6 Å². The number of nitrogens with zero attached hydrogens (tertiary/aromatic N) is 1. The lowest BCUT2D eigenvalue weighted by molar-refractivity contribution is -0.406. The number of hydrogen-bond acceptors (Lipinski definition) is 19. The number of ether oxygens (including phenoxy) is 15. The molecule has 20 heteroatoms. The van der Waals surface area contributed by atoms with Crippen LogP contribution in [0.25, 0.3) is 0 Å². The highest BCUT2D eigenvalue weighted by Gasteiger charge is 2.60. The Labute approximate surface area is 562 Å². The molecule has 504 valence electrons. The van der Waals surface area contributed by atoms with Gasteiger partial charge in [-0.05, 0) is 64.2 Å². The molecule has 97 heavy (non-hydrogen) atoms. The molecule has 5 heterocycles. The van der Waals surface area contributed by atoms with Crippen molar-refractivity contribution in [2.45, 2.75) is 138 Å². The molecule has 0 aliphatic carbocycles. The van der Waals surface area contributed by atoms with Crippen LogP contribution in [0.15, 0.2) is 231 Å². The second-order valence-corrected chi connectivity index (χ2v) is 24.2. The van der Waals surface area contributed by atoms with Gasteiger partial charge in [-0.2, -0.15) is 0 Å². The van der Waals surface area contributed by atoms with E-state index in [0.717, 1.165) is 32.7 Å². The number of amides is 2. The fraction of sp³-hybridized carbons (Fsp3) is 0.338. The smallest absolute Gasteiger partial charge is 0.303 e. The van der Waals surface area contributed by atoms with Gasteiger partial charge in [0.15, 0.2) is 25.0 Å². The number of fused-ring (bicyclic) bond motifs is 2. The van der Waals surface area contributed by atoms with Gasteiger partial charge in [-0.1, -0.05) is 194 Å². The van der Waals surface area contributed by atoms with E-state index in [1.165, 1.54) is 6.92 Å². The predicted octanol–water partition coefficient (Wildman–Crippen LogP) is 10.3. The van der Waals surface area contributed by atoms with Crippen molar-refractivity contribution in [3.8, 4) is 11.5 Å². The Morgan fingerprint density at radius 1 is 0.464 bits per heavy atom. The van der Waals surface area contributed by atoms with Crippen LogP contribution in [0.1, 0.15) is 67.3 Å². The maximum Gasteiger partial charge on any atom is 0.303 e. The number of esters is 1. The van der Waals surface area contributed by atoms with Crippen molar-refractivity contribution >= 4 is 17.8 Å². The lowest BCUT2D eigenvalue weighted by atomic mass is 9.93. The number of hydrogen-bond donors (Lipinski definition) is 1. The average Bonchev–Trinajstić information content (AvgIpc) is 1.72. The summed E-state index contributed by atoms with van der Waals surface area (Å²) in [6, 6.07) is 69.0. The molecule has 5 aliphatic heterocycles. The standard InChI is InChI=1S/C77H77NO19/c1-49(79)90-71-70(88-45-54-31-17-7-18-32-54)65(86-43-52-27-13-5-14-28-52)60(46-84-41-50-23-9-3-10-24-50)94-77(71)97-69-64(80)76(93-62-48-89-74(95-67(62)69)55-33-19-8-20-34-55)96-66-61(47-85-42-51-25-11-4-12-26-51)92-75(91-57-39-37-56(83-2)38-40-57)63(68(66)87-44-53-29-15-6-16-30-53)78-72(81)58-35-21-22-36-59(58)73(78)82/h3-40,60-71,74-77,80H,41-48H2,1-2H3/t60-,61-,62-,63-,64+,65-,66-,67-,68-,69-,70+,71+,74+,75-,76+,77-/m1/s1. The summed E-state index contributed by atoms with van der Waals surface area (Å²) in [5.41, 5.74) is 5.18. The highest BCUT2D eigenvalue weighted by Crippen LogP contribution is 2.43. The molecule has 8 aromatic carbocycles. The van der Waals surface area contributed by atoms with Gasteiger partial charge in [0.1, 0.15) is 78.6 Å². The molecule has 1 N–H and O–H groups in total. The highest BCUT2D eigenvalue weighted by molar-refractivity contribution is 6.21. The first-order valence-corrected chi connectivity index (χ1v) is 32.5. The second kappa shape index (κ2) is 32.2. The number of aliphatic hydroxyl groups is 1. The number of rotatable bonds is 27. The van der Waals surface area contributed by atoms with Gasteiger partial charge in [-0.3, -0.25) is 19.3 Å². The molecular weight excluding hydrogens is 1240 g/mol. The highest BCUT2D eigenvalue weighted by atomic mass is 16.8. The lowest BCUT2D eigenvalue weighted by Crippen LogP contribution is -2.70. The van der Waals surface area contributed by atoms with Crippen LogP contribution < -0.4 is 9.47 Å². The number of benzene rings is 8. The molecule has 0 spiro atoms. The van der Waals surface area contributed by atoms with Crippen LogP contribution in [-0.2, 0) is 99.4 Å². The van der Waals surface area contributed by atoms with E-state index in [2.05, 4.69) is 0 Å². The molecule has 4 fully saturated rings. The molecule has 4 saturated heterocycles. The van der Waals surface area contributed by atoms with Gasteiger partial charge in [-0.25, -0.2) is 0 Å². The first-order chi connectivity index (χ1) is 47.6. The van der Waals surface area contributed by atoms with Crippen LogP contribution in [0.2, 0.25) is 0 Å². The monoisotopic (exact) mass is 1320 g/mol. The third-order valence-electron chi connectivity index (χ3n) is 17.5. The van der Waals surface area contributed by atoms with E-state index in [-0.39, 0.29) is 64.0 Å². The summed E-state index contributed by atoms with van der Waals surface area (Å²) < 4.78 is 102. The quantitative estimate of drug-likeness (QED) is 0.0374. The Bertz CT molecular complexity index is 3750. The van der Waals surface area contributed by atoms with Gasteiger partial charge in [0.2, 0.25) is 6.29 Å². The van der Waals surface area contributed by atoms with E-state index in [4.69, 9.17) is 71.1 Å². The van der Waals surface area contributed by atoms with E-state index >= 15 is 9.59 Å². The number of aliphatic hydroxyl groups excluding tert-OH is 1. The van der Waals surface area contributed by atoms with Crippen molar-refractivity contribution in [2.24, 2.45) is 0 Å². The van der Waals surface area contributed by atoms with E-state index in [9.17, 15) is 9.90 Å². The summed E-state index contributed by atoms with van der Waals surface area (Å²) in [4.78, 5) is 44.9. The maximum atomic E-state index is 15.1. The van der Waals surface area contributed by atoms with Gasteiger partial charge in [0.25, 0.3) is 11.8 Å². The summed E-state index contributed by atoms with van der Waals surface area (Å²) in [5, 5.41) is 13.5. The largest absolute Gasteiger partial charge is 0.497 e. The second-order valence-electron chi connectivity index (χ2n) is 24.2. The summed E-state index contributed by atoms with van der Waals surface area (Å²) in [7, 11) is 1.55. The molecule has 0 saturated carbocycles. The first kappa shape index (κ1) is 67.0. The Hall–Kier alpha value is -8.55. The molecule has 0 aromatic heterocycles. The number of imide groups is 1. The van der Waals surface area contributed by atoms with E-state index < -0.39 is 116 Å². The van der Waals surface area contributed by atoms with Crippen LogP contribution in [0, 0.1) is 0 Å². The Morgan fingerprint density at radius 2 is 0.907 bits per heavy atom.